The van der Waals surface area contributed by atoms with E-state index < -0.39 is 0 Å². The van der Waals surface area contributed by atoms with Gasteiger partial charge in [0, 0.05) is 0 Å². The topological polar surface area (TPSA) is 64.7 Å². The summed E-state index contributed by atoms with van der Waals surface area (Å²) in [5.74, 6) is 0.263. The highest BCUT2D eigenvalue weighted by molar-refractivity contribution is 5.19. The van der Waals surface area contributed by atoms with Crippen molar-refractivity contribution in [1.29, 1.82) is 0 Å². The maximum Gasteiger partial charge on any atom is 0.240 e. The van der Waals surface area contributed by atoms with Gasteiger partial charge in [0.25, 0.3) is 0 Å². The molecule has 0 aliphatic rings. The van der Waals surface area contributed by atoms with Gasteiger partial charge in [-0.2, -0.15) is 5.10 Å². The molecule has 2 N–H and O–H groups in total. The van der Waals surface area contributed by atoms with E-state index in [2.05, 4.69) is 15.2 Å². The quantitative estimate of drug-likeness (QED) is 0.673. The lowest BCUT2D eigenvalue weighted by atomic mass is 10.2. The molecule has 0 radical (unpaired) electrons. The zero-order valence-corrected chi connectivity index (χ0v) is 6.83. The average molecular weight is 152 g/mol. The van der Waals surface area contributed by atoms with Crippen LogP contribution in [0.25, 0.3) is 0 Å². The van der Waals surface area contributed by atoms with Crippen LogP contribution in [0, 0.1) is 0 Å². The smallest absolute Gasteiger partial charge is 0.240 e. The summed E-state index contributed by atoms with van der Waals surface area (Å²) in [6, 6.07) is 0. The largest absolute Gasteiger partial charge is 0.366 e. The molecule has 0 bridgehead atoms. The van der Waals surface area contributed by atoms with Crippen LogP contribution in [0.15, 0.2) is 0 Å². The van der Waals surface area contributed by atoms with E-state index in [1.165, 1.54) is 0 Å². The molecule has 0 atom stereocenters. The maximum atomic E-state index is 5.37. The zero-order valence-electron chi connectivity index (χ0n) is 6.83. The molecule has 0 unspecified atom stereocenters. The summed E-state index contributed by atoms with van der Waals surface area (Å²) in [5, 5.41) is 7.61. The van der Waals surface area contributed by atoms with Gasteiger partial charge in [-0.05, 0) is 12.8 Å². The number of hydrogen-bond acceptors (Lipinski definition) is 4. The van der Waals surface area contributed by atoms with Crippen molar-refractivity contribution in [3.8, 4) is 0 Å². The van der Waals surface area contributed by atoms with Gasteiger partial charge in [-0.1, -0.05) is 13.8 Å². The van der Waals surface area contributed by atoms with Gasteiger partial charge in [-0.15, -0.1) is 5.10 Å². The van der Waals surface area contributed by atoms with E-state index in [-0.39, 0.29) is 5.95 Å². The molecular weight excluding hydrogens is 140 g/mol. The van der Waals surface area contributed by atoms with Crippen LogP contribution in [-0.4, -0.2) is 15.2 Å². The highest BCUT2D eigenvalue weighted by atomic mass is 15.2. The zero-order chi connectivity index (χ0) is 8.27. The molecule has 1 aromatic heterocycles. The number of nitrogens with zero attached hydrogens (tertiary/aromatic N) is 3. The summed E-state index contributed by atoms with van der Waals surface area (Å²) in [4.78, 5) is 4.07. The highest BCUT2D eigenvalue weighted by Crippen LogP contribution is 2.03. The molecule has 60 valence electrons. The van der Waals surface area contributed by atoms with E-state index in [1.54, 1.807) is 0 Å². The number of aryl methyl sites for hydroxylation is 2. The maximum absolute atomic E-state index is 5.37. The van der Waals surface area contributed by atoms with Gasteiger partial charge in [0.05, 0.1) is 11.4 Å². The fourth-order valence-corrected chi connectivity index (χ4v) is 0.952. The SMILES string of the molecule is CCc1nnc(N)nc1CC. The molecule has 0 aliphatic heterocycles. The Morgan fingerprint density at radius 1 is 1.09 bits per heavy atom. The molecule has 11 heavy (non-hydrogen) atoms. The summed E-state index contributed by atoms with van der Waals surface area (Å²) in [6.07, 6.45) is 1.73. The minimum absolute atomic E-state index is 0.263. The highest BCUT2D eigenvalue weighted by Gasteiger charge is 2.02. The lowest BCUT2D eigenvalue weighted by molar-refractivity contribution is 0.831. The molecule has 1 heterocycles. The van der Waals surface area contributed by atoms with Crippen LogP contribution in [0.2, 0.25) is 0 Å². The van der Waals surface area contributed by atoms with Crippen molar-refractivity contribution < 1.29 is 0 Å². The monoisotopic (exact) mass is 152 g/mol. The van der Waals surface area contributed by atoms with Gasteiger partial charge in [-0.3, -0.25) is 0 Å². The first-order valence-corrected chi connectivity index (χ1v) is 3.75. The van der Waals surface area contributed by atoms with Crippen molar-refractivity contribution in [3.05, 3.63) is 11.4 Å². The number of nitrogen functional groups attached to an aromatic ring is 1. The number of rotatable bonds is 2. The third kappa shape index (κ3) is 1.63. The van der Waals surface area contributed by atoms with Crippen molar-refractivity contribution in [3.63, 3.8) is 0 Å². The summed E-state index contributed by atoms with van der Waals surface area (Å²) >= 11 is 0. The van der Waals surface area contributed by atoms with E-state index in [0.717, 1.165) is 24.2 Å². The Kier molecular flexibility index (Phi) is 2.36. The first kappa shape index (κ1) is 7.91. The summed E-state index contributed by atoms with van der Waals surface area (Å²) in [5.41, 5.74) is 7.28. The van der Waals surface area contributed by atoms with Crippen LogP contribution >= 0.6 is 0 Å². The van der Waals surface area contributed by atoms with E-state index in [9.17, 15) is 0 Å². The van der Waals surface area contributed by atoms with E-state index in [1.807, 2.05) is 13.8 Å². The molecule has 0 saturated heterocycles. The molecular formula is C7H12N4. The summed E-state index contributed by atoms with van der Waals surface area (Å²) < 4.78 is 0. The van der Waals surface area contributed by atoms with Crippen LogP contribution in [-0.2, 0) is 12.8 Å². The number of nitrogens with two attached hydrogens (primary N) is 1. The predicted molar refractivity (Wildman–Crippen MR) is 43.0 cm³/mol. The van der Waals surface area contributed by atoms with Gasteiger partial charge in [0.15, 0.2) is 0 Å². The van der Waals surface area contributed by atoms with Crippen LogP contribution < -0.4 is 5.73 Å². The number of anilines is 1. The average Bonchev–Trinajstić information content (AvgIpc) is 2.04. The second-order valence-electron chi connectivity index (χ2n) is 2.27. The molecule has 0 spiro atoms. The first-order chi connectivity index (χ1) is 5.27. The molecule has 0 aliphatic carbocycles. The van der Waals surface area contributed by atoms with Crippen molar-refractivity contribution >= 4 is 5.95 Å². The van der Waals surface area contributed by atoms with Crippen molar-refractivity contribution in [2.24, 2.45) is 0 Å². The fraction of sp³-hybridized carbons (Fsp3) is 0.571. The molecule has 0 fully saturated rings. The molecule has 0 amide bonds. The van der Waals surface area contributed by atoms with Crippen LogP contribution in [0.5, 0.6) is 0 Å². The predicted octanol–water partition coefficient (Wildman–Crippen LogP) is 0.579. The Balaban J connectivity index is 3.06. The third-order valence-corrected chi connectivity index (χ3v) is 1.53. The van der Waals surface area contributed by atoms with Crippen molar-refractivity contribution in [1.82, 2.24) is 15.2 Å². The van der Waals surface area contributed by atoms with Gasteiger partial charge in [-0.25, -0.2) is 4.98 Å². The first-order valence-electron chi connectivity index (χ1n) is 3.75. The molecule has 4 heteroatoms. The molecule has 0 aromatic carbocycles. The van der Waals surface area contributed by atoms with Crippen LogP contribution in [0.4, 0.5) is 5.95 Å². The van der Waals surface area contributed by atoms with Gasteiger partial charge in [0.1, 0.15) is 0 Å². The van der Waals surface area contributed by atoms with Crippen molar-refractivity contribution in [2.45, 2.75) is 26.7 Å². The minimum atomic E-state index is 0.263. The minimum Gasteiger partial charge on any atom is -0.366 e. The Morgan fingerprint density at radius 3 is 2.27 bits per heavy atom. The fourth-order valence-electron chi connectivity index (χ4n) is 0.952. The summed E-state index contributed by atoms with van der Waals surface area (Å²) in [6.45, 7) is 4.06. The molecule has 0 saturated carbocycles. The molecule has 4 nitrogen and oxygen atoms in total. The number of aromatic nitrogens is 3. The van der Waals surface area contributed by atoms with Crippen molar-refractivity contribution in [2.75, 3.05) is 5.73 Å². The Hall–Kier alpha value is -1.19. The lowest BCUT2D eigenvalue weighted by Crippen LogP contribution is -2.05. The second-order valence-corrected chi connectivity index (χ2v) is 2.27. The standard InChI is InChI=1S/C7H12N4/c1-3-5-6(4-2)10-11-7(8)9-5/h3-4H2,1-2H3,(H2,8,9,11). The van der Waals surface area contributed by atoms with Crippen LogP contribution in [0.3, 0.4) is 0 Å². The Morgan fingerprint density at radius 2 is 1.73 bits per heavy atom. The molecule has 1 rings (SSSR count). The normalized spacial score (nSPS) is 10.0. The summed E-state index contributed by atoms with van der Waals surface area (Å²) in [7, 11) is 0. The number of hydrogen-bond donors (Lipinski definition) is 1. The van der Waals surface area contributed by atoms with E-state index in [4.69, 9.17) is 5.73 Å². The van der Waals surface area contributed by atoms with Gasteiger partial charge in [0.2, 0.25) is 5.95 Å². The van der Waals surface area contributed by atoms with Gasteiger partial charge >= 0.3 is 0 Å². The Labute approximate surface area is 65.9 Å². The molecule has 1 aromatic rings. The van der Waals surface area contributed by atoms with Crippen LogP contribution in [0.1, 0.15) is 25.2 Å². The van der Waals surface area contributed by atoms with Gasteiger partial charge < -0.3 is 5.73 Å². The Bertz CT molecular complexity index is 246. The third-order valence-electron chi connectivity index (χ3n) is 1.53. The second kappa shape index (κ2) is 3.27. The lowest BCUT2D eigenvalue weighted by Gasteiger charge is -2.01. The van der Waals surface area contributed by atoms with E-state index in [0.29, 0.717) is 0 Å². The van der Waals surface area contributed by atoms with E-state index >= 15 is 0 Å².